The Morgan fingerprint density at radius 1 is 1.16 bits per heavy atom. The lowest BCUT2D eigenvalue weighted by molar-refractivity contribution is 0.0927. The predicted molar refractivity (Wildman–Crippen MR) is 124 cm³/mol. The Balaban J connectivity index is 1.16. The summed E-state index contributed by atoms with van der Waals surface area (Å²) in [6.07, 6.45) is 4.29. The quantitative estimate of drug-likeness (QED) is 0.477. The molecule has 0 spiro atoms. The lowest BCUT2D eigenvalue weighted by Gasteiger charge is -2.32. The number of aromatic nitrogens is 3. The number of H-pyrrole nitrogens is 1. The summed E-state index contributed by atoms with van der Waals surface area (Å²) in [7, 11) is 0. The van der Waals surface area contributed by atoms with Gasteiger partial charge in [-0.05, 0) is 31.4 Å². The molecule has 4 aromatic rings. The summed E-state index contributed by atoms with van der Waals surface area (Å²) in [4.78, 5) is 21.0. The lowest BCUT2D eigenvalue weighted by Crippen LogP contribution is -2.40. The molecule has 2 aromatic carbocycles. The van der Waals surface area contributed by atoms with Gasteiger partial charge in [0.25, 0.3) is 5.91 Å². The van der Waals surface area contributed by atoms with E-state index in [4.69, 9.17) is 0 Å². The molecule has 1 unspecified atom stereocenters. The molecule has 1 atom stereocenters. The number of para-hydroxylation sites is 1. The molecule has 1 aliphatic rings. The summed E-state index contributed by atoms with van der Waals surface area (Å²) < 4.78 is 0. The third kappa shape index (κ3) is 4.52. The van der Waals surface area contributed by atoms with E-state index in [1.54, 1.807) is 11.3 Å². The Labute approximate surface area is 185 Å². The van der Waals surface area contributed by atoms with Gasteiger partial charge < -0.3 is 5.32 Å². The van der Waals surface area contributed by atoms with Crippen molar-refractivity contribution in [2.75, 3.05) is 19.6 Å². The Bertz CT molecular complexity index is 1170. The molecule has 158 valence electrons. The van der Waals surface area contributed by atoms with E-state index in [1.165, 1.54) is 10.4 Å². The first-order valence-corrected chi connectivity index (χ1v) is 11.5. The Kier molecular flexibility index (Phi) is 5.78. The standard InChI is InChI=1S/C24H25N5OS/c30-23(22-20-10-4-5-11-21(20)27-28-22)25-13-17-7-6-12-29(15-17)16-19-14-26-24(31-19)18-8-2-1-3-9-18/h1-5,8-11,14,17H,6-7,12-13,15-16H2,(H,25,30)(H,27,28). The van der Waals surface area contributed by atoms with E-state index < -0.39 is 0 Å². The number of piperidine rings is 1. The van der Waals surface area contributed by atoms with Gasteiger partial charge in [-0.1, -0.05) is 48.5 Å². The van der Waals surface area contributed by atoms with E-state index >= 15 is 0 Å². The van der Waals surface area contributed by atoms with Crippen LogP contribution in [0, 0.1) is 5.92 Å². The number of hydrogen-bond acceptors (Lipinski definition) is 5. The van der Waals surface area contributed by atoms with E-state index in [9.17, 15) is 4.79 Å². The van der Waals surface area contributed by atoms with Crippen molar-refractivity contribution in [2.45, 2.75) is 19.4 Å². The number of fused-ring (bicyclic) bond motifs is 1. The van der Waals surface area contributed by atoms with Crippen molar-refractivity contribution in [3.8, 4) is 10.6 Å². The number of thiazole rings is 1. The number of nitrogens with zero attached hydrogens (tertiary/aromatic N) is 3. The van der Waals surface area contributed by atoms with E-state index in [-0.39, 0.29) is 5.91 Å². The van der Waals surface area contributed by atoms with Crippen molar-refractivity contribution in [3.63, 3.8) is 0 Å². The number of likely N-dealkylation sites (tertiary alicyclic amines) is 1. The largest absolute Gasteiger partial charge is 0.350 e. The van der Waals surface area contributed by atoms with Gasteiger partial charge in [0.2, 0.25) is 0 Å². The number of hydrogen-bond donors (Lipinski definition) is 2. The highest BCUT2D eigenvalue weighted by Gasteiger charge is 2.22. The SMILES string of the molecule is O=C(NCC1CCCN(Cc2cnc(-c3ccccc3)s2)C1)c1n[nH]c2ccccc12. The molecule has 1 aliphatic heterocycles. The summed E-state index contributed by atoms with van der Waals surface area (Å²) in [6, 6.07) is 18.0. The van der Waals surface area contributed by atoms with Crippen LogP contribution in [0.15, 0.2) is 60.8 Å². The zero-order valence-electron chi connectivity index (χ0n) is 17.3. The average Bonchev–Trinajstić information content (AvgIpc) is 3.46. The first kappa shape index (κ1) is 19.9. The number of carbonyl (C=O) groups is 1. The molecule has 2 N–H and O–H groups in total. The van der Waals surface area contributed by atoms with Gasteiger partial charge in [0.05, 0.1) is 5.52 Å². The minimum absolute atomic E-state index is 0.107. The van der Waals surface area contributed by atoms with Crippen LogP contribution < -0.4 is 5.32 Å². The summed E-state index contributed by atoms with van der Waals surface area (Å²) >= 11 is 1.76. The third-order valence-electron chi connectivity index (χ3n) is 5.79. The molecule has 31 heavy (non-hydrogen) atoms. The maximum absolute atomic E-state index is 12.7. The van der Waals surface area contributed by atoms with E-state index in [1.807, 2.05) is 48.7 Å². The molecule has 1 saturated heterocycles. The van der Waals surface area contributed by atoms with Crippen LogP contribution in [0.3, 0.4) is 0 Å². The number of benzene rings is 2. The molecule has 2 aromatic heterocycles. The molecule has 0 bridgehead atoms. The Morgan fingerprint density at radius 3 is 2.90 bits per heavy atom. The van der Waals surface area contributed by atoms with Crippen molar-refractivity contribution < 1.29 is 4.79 Å². The number of amides is 1. The molecule has 1 amide bonds. The molecular weight excluding hydrogens is 406 g/mol. The topological polar surface area (TPSA) is 73.9 Å². The molecule has 0 radical (unpaired) electrons. The first-order valence-electron chi connectivity index (χ1n) is 10.7. The summed E-state index contributed by atoms with van der Waals surface area (Å²) in [5.41, 5.74) is 2.53. The van der Waals surface area contributed by atoms with Crippen LogP contribution in [0.25, 0.3) is 21.5 Å². The fourth-order valence-electron chi connectivity index (χ4n) is 4.23. The smallest absolute Gasteiger partial charge is 0.272 e. The van der Waals surface area contributed by atoms with Crippen LogP contribution in [0.5, 0.6) is 0 Å². The van der Waals surface area contributed by atoms with Gasteiger partial charge in [0.15, 0.2) is 5.69 Å². The molecular formula is C24H25N5OS. The van der Waals surface area contributed by atoms with Crippen LogP contribution in [-0.4, -0.2) is 45.6 Å². The maximum Gasteiger partial charge on any atom is 0.272 e. The monoisotopic (exact) mass is 431 g/mol. The summed E-state index contributed by atoms with van der Waals surface area (Å²) in [5.74, 6) is 0.342. The third-order valence-corrected chi connectivity index (χ3v) is 6.82. The predicted octanol–water partition coefficient (Wildman–Crippen LogP) is 4.33. The van der Waals surface area contributed by atoms with Crippen molar-refractivity contribution in [3.05, 3.63) is 71.4 Å². The normalized spacial score (nSPS) is 17.1. The fraction of sp³-hybridized carbons (Fsp3) is 0.292. The van der Waals surface area contributed by atoms with Crippen LogP contribution in [0.4, 0.5) is 0 Å². The van der Waals surface area contributed by atoms with Gasteiger partial charge >= 0.3 is 0 Å². The van der Waals surface area contributed by atoms with Gasteiger partial charge in [-0.15, -0.1) is 11.3 Å². The lowest BCUT2D eigenvalue weighted by atomic mass is 9.98. The van der Waals surface area contributed by atoms with Gasteiger partial charge in [-0.3, -0.25) is 14.8 Å². The minimum Gasteiger partial charge on any atom is -0.350 e. The fourth-order valence-corrected chi connectivity index (χ4v) is 5.19. The number of rotatable bonds is 6. The molecule has 1 fully saturated rings. The van der Waals surface area contributed by atoms with Gasteiger partial charge in [0, 0.05) is 41.7 Å². The van der Waals surface area contributed by atoms with E-state index in [2.05, 4.69) is 37.5 Å². The van der Waals surface area contributed by atoms with E-state index in [0.717, 1.165) is 48.4 Å². The molecule has 3 heterocycles. The highest BCUT2D eigenvalue weighted by Crippen LogP contribution is 2.27. The second-order valence-electron chi connectivity index (χ2n) is 8.07. The van der Waals surface area contributed by atoms with Gasteiger partial charge in [-0.2, -0.15) is 5.10 Å². The Hall–Kier alpha value is -3.03. The Morgan fingerprint density at radius 2 is 2.00 bits per heavy atom. The highest BCUT2D eigenvalue weighted by molar-refractivity contribution is 7.15. The number of nitrogens with one attached hydrogen (secondary N) is 2. The number of carbonyl (C=O) groups excluding carboxylic acids is 1. The highest BCUT2D eigenvalue weighted by atomic mass is 32.1. The van der Waals surface area contributed by atoms with Crippen molar-refractivity contribution >= 4 is 28.1 Å². The molecule has 0 saturated carbocycles. The van der Waals surface area contributed by atoms with Crippen LogP contribution >= 0.6 is 11.3 Å². The summed E-state index contributed by atoms with van der Waals surface area (Å²) in [5, 5.41) is 12.2. The van der Waals surface area contributed by atoms with Crippen LogP contribution in [0.2, 0.25) is 0 Å². The van der Waals surface area contributed by atoms with Crippen molar-refractivity contribution in [2.24, 2.45) is 5.92 Å². The van der Waals surface area contributed by atoms with Crippen molar-refractivity contribution in [1.82, 2.24) is 25.4 Å². The number of aromatic amines is 1. The molecule has 6 nitrogen and oxygen atoms in total. The second kappa shape index (κ2) is 8.99. The van der Waals surface area contributed by atoms with E-state index in [0.29, 0.717) is 18.2 Å². The van der Waals surface area contributed by atoms with Gasteiger partial charge in [0.1, 0.15) is 5.01 Å². The maximum atomic E-state index is 12.7. The zero-order chi connectivity index (χ0) is 21.0. The van der Waals surface area contributed by atoms with Crippen LogP contribution in [0.1, 0.15) is 28.2 Å². The van der Waals surface area contributed by atoms with Crippen LogP contribution in [-0.2, 0) is 6.54 Å². The average molecular weight is 432 g/mol. The molecule has 7 heteroatoms. The second-order valence-corrected chi connectivity index (χ2v) is 9.18. The molecule has 5 rings (SSSR count). The molecule has 0 aliphatic carbocycles. The van der Waals surface area contributed by atoms with Gasteiger partial charge in [-0.25, -0.2) is 4.98 Å². The minimum atomic E-state index is -0.107. The zero-order valence-corrected chi connectivity index (χ0v) is 18.1. The first-order chi connectivity index (χ1) is 15.3. The summed E-state index contributed by atoms with van der Waals surface area (Å²) in [6.45, 7) is 3.67. The van der Waals surface area contributed by atoms with Crippen molar-refractivity contribution in [1.29, 1.82) is 0 Å².